The first kappa shape index (κ1) is 10.9. The average Bonchev–Trinajstić information content (AvgIpc) is 2.58. The Kier molecular flexibility index (Phi) is 2.77. The molecule has 0 amide bonds. The average molecular weight is 237 g/mol. The van der Waals surface area contributed by atoms with Gasteiger partial charge in [-0.15, -0.1) is 0 Å². The van der Waals surface area contributed by atoms with Gasteiger partial charge < -0.3 is 9.67 Å². The topological polar surface area (TPSA) is 63.8 Å². The Labute approximate surface area is 97.1 Å². The van der Waals surface area contributed by atoms with E-state index in [-0.39, 0.29) is 11.0 Å². The molecule has 6 heteroatoms. The Morgan fingerprint density at radius 3 is 2.94 bits per heavy atom. The lowest BCUT2D eigenvalue weighted by molar-refractivity contribution is 0.253. The van der Waals surface area contributed by atoms with Gasteiger partial charge in [-0.2, -0.15) is 0 Å². The van der Waals surface area contributed by atoms with Gasteiger partial charge in [0, 0.05) is 7.05 Å². The van der Waals surface area contributed by atoms with E-state index in [1.807, 2.05) is 7.05 Å². The number of aliphatic hydroxyl groups excluding tert-OH is 1. The van der Waals surface area contributed by atoms with Crippen molar-refractivity contribution in [2.45, 2.75) is 13.0 Å². The van der Waals surface area contributed by atoms with Gasteiger partial charge in [-0.3, -0.25) is 0 Å². The van der Waals surface area contributed by atoms with Crippen molar-refractivity contribution in [3.05, 3.63) is 17.3 Å². The Bertz CT molecular complexity index is 594. The first-order valence-electron chi connectivity index (χ1n) is 4.62. The van der Waals surface area contributed by atoms with Crippen LogP contribution in [0.4, 0.5) is 0 Å². The molecule has 0 aromatic carbocycles. The second-order valence-corrected chi connectivity index (χ2v) is 3.67. The zero-order valence-corrected chi connectivity index (χ0v) is 9.52. The van der Waals surface area contributed by atoms with E-state index in [0.717, 1.165) is 0 Å². The van der Waals surface area contributed by atoms with Crippen LogP contribution < -0.4 is 0 Å². The monoisotopic (exact) mass is 236 g/mol. The third-order valence-corrected chi connectivity index (χ3v) is 2.17. The fraction of sp³-hybridized carbons (Fsp3) is 0.300. The highest BCUT2D eigenvalue weighted by atomic mass is 35.5. The minimum atomic E-state index is -0.718. The number of fused-ring (bicyclic) bond motifs is 1. The largest absolute Gasteiger partial charge is 0.381 e. The summed E-state index contributed by atoms with van der Waals surface area (Å²) in [5, 5.41) is 9.30. The Morgan fingerprint density at radius 2 is 2.25 bits per heavy atom. The van der Waals surface area contributed by atoms with Gasteiger partial charge in [-0.05, 0) is 12.8 Å². The molecular weight excluding hydrogens is 228 g/mol. The second kappa shape index (κ2) is 4.08. The number of hydrogen-bond acceptors (Lipinski definition) is 4. The van der Waals surface area contributed by atoms with Crippen LogP contribution in [0, 0.1) is 11.8 Å². The molecule has 0 radical (unpaired) electrons. The van der Waals surface area contributed by atoms with E-state index in [2.05, 4.69) is 26.8 Å². The van der Waals surface area contributed by atoms with Gasteiger partial charge in [0.25, 0.3) is 0 Å². The molecule has 0 aliphatic carbocycles. The highest BCUT2D eigenvalue weighted by Gasteiger charge is 2.08. The Hall–Kier alpha value is -1.64. The Morgan fingerprint density at radius 1 is 1.50 bits per heavy atom. The molecule has 2 heterocycles. The van der Waals surface area contributed by atoms with Crippen molar-refractivity contribution >= 4 is 22.8 Å². The van der Waals surface area contributed by atoms with Gasteiger partial charge >= 0.3 is 0 Å². The minimum absolute atomic E-state index is 0.264. The third kappa shape index (κ3) is 1.98. The molecule has 0 spiro atoms. The van der Waals surface area contributed by atoms with E-state index in [4.69, 9.17) is 16.7 Å². The summed E-state index contributed by atoms with van der Waals surface area (Å²) < 4.78 is 1.73. The minimum Gasteiger partial charge on any atom is -0.381 e. The Balaban J connectivity index is 2.58. The smallest absolute Gasteiger partial charge is 0.208 e. The predicted molar refractivity (Wildman–Crippen MR) is 59.9 cm³/mol. The summed E-state index contributed by atoms with van der Waals surface area (Å²) in [5.41, 5.74) is 1.17. The van der Waals surface area contributed by atoms with Crippen molar-refractivity contribution in [1.29, 1.82) is 0 Å². The quantitative estimate of drug-likeness (QED) is 0.542. The second-order valence-electron chi connectivity index (χ2n) is 3.31. The van der Waals surface area contributed by atoms with Crippen LogP contribution in [0.25, 0.3) is 11.2 Å². The molecular formula is C10H9ClN4O. The summed E-state index contributed by atoms with van der Waals surface area (Å²) in [6.07, 6.45) is 0.890. The van der Waals surface area contributed by atoms with Gasteiger partial charge in [-0.25, -0.2) is 15.0 Å². The normalized spacial score (nSPS) is 12.2. The predicted octanol–water partition coefficient (Wildman–Crippen LogP) is 0.749. The summed E-state index contributed by atoms with van der Waals surface area (Å²) in [7, 11) is 1.81. The SMILES string of the molecule is CC(O)C#Cc1nc(Cl)c2ncn(C)c2n1. The van der Waals surface area contributed by atoms with Crippen LogP contribution in [0.5, 0.6) is 0 Å². The maximum atomic E-state index is 9.03. The van der Waals surface area contributed by atoms with E-state index in [1.165, 1.54) is 0 Å². The lowest BCUT2D eigenvalue weighted by atomic mass is 10.4. The number of aromatic nitrogens is 4. The number of hydrogen-bond donors (Lipinski definition) is 1. The van der Waals surface area contributed by atoms with Crippen LogP contribution in [0.1, 0.15) is 12.7 Å². The maximum absolute atomic E-state index is 9.03. The van der Waals surface area contributed by atoms with Crippen LogP contribution in [-0.2, 0) is 7.05 Å². The fourth-order valence-electron chi connectivity index (χ4n) is 1.20. The van der Waals surface area contributed by atoms with Crippen LogP contribution in [0.2, 0.25) is 5.15 Å². The van der Waals surface area contributed by atoms with Crippen LogP contribution in [0.15, 0.2) is 6.33 Å². The zero-order chi connectivity index (χ0) is 11.7. The number of aryl methyl sites for hydroxylation is 1. The van der Waals surface area contributed by atoms with Crippen LogP contribution in [-0.4, -0.2) is 30.7 Å². The van der Waals surface area contributed by atoms with E-state index in [9.17, 15) is 0 Å². The van der Waals surface area contributed by atoms with Crippen molar-refractivity contribution in [3.63, 3.8) is 0 Å². The van der Waals surface area contributed by atoms with E-state index < -0.39 is 6.10 Å². The van der Waals surface area contributed by atoms with Gasteiger partial charge in [0.15, 0.2) is 10.8 Å². The summed E-state index contributed by atoms with van der Waals surface area (Å²) in [6, 6.07) is 0. The van der Waals surface area contributed by atoms with E-state index in [0.29, 0.717) is 11.2 Å². The number of aliphatic hydroxyl groups is 1. The number of halogens is 1. The highest BCUT2D eigenvalue weighted by molar-refractivity contribution is 6.33. The van der Waals surface area contributed by atoms with Crippen molar-refractivity contribution in [3.8, 4) is 11.8 Å². The molecule has 5 nitrogen and oxygen atoms in total. The molecule has 0 fully saturated rings. The van der Waals surface area contributed by atoms with Crippen molar-refractivity contribution in [2.75, 3.05) is 0 Å². The lowest BCUT2D eigenvalue weighted by Gasteiger charge is -1.96. The molecule has 0 bridgehead atoms. The number of imidazole rings is 1. The van der Waals surface area contributed by atoms with Gasteiger partial charge in [0.2, 0.25) is 5.82 Å². The molecule has 2 aromatic heterocycles. The molecule has 0 aliphatic heterocycles. The van der Waals surface area contributed by atoms with Crippen LogP contribution >= 0.6 is 11.6 Å². The van der Waals surface area contributed by atoms with E-state index >= 15 is 0 Å². The molecule has 0 saturated carbocycles. The molecule has 16 heavy (non-hydrogen) atoms. The van der Waals surface area contributed by atoms with Gasteiger partial charge in [0.05, 0.1) is 6.33 Å². The van der Waals surface area contributed by atoms with Crippen LogP contribution in [0.3, 0.4) is 0 Å². The molecule has 2 rings (SSSR count). The summed E-state index contributed by atoms with van der Waals surface area (Å²) in [6.45, 7) is 1.57. The molecule has 1 N–H and O–H groups in total. The standard InChI is InChI=1S/C10H9ClN4O/c1-6(16)3-4-7-13-9(11)8-10(14-7)15(2)5-12-8/h5-6,16H,1-2H3. The number of nitrogens with zero attached hydrogens (tertiary/aromatic N) is 4. The first-order chi connectivity index (χ1) is 7.58. The van der Waals surface area contributed by atoms with Crippen molar-refractivity contribution < 1.29 is 5.11 Å². The van der Waals surface area contributed by atoms with Crippen molar-refractivity contribution in [1.82, 2.24) is 19.5 Å². The fourth-order valence-corrected chi connectivity index (χ4v) is 1.41. The van der Waals surface area contributed by atoms with Gasteiger partial charge in [0.1, 0.15) is 11.6 Å². The summed E-state index contributed by atoms with van der Waals surface area (Å²) >= 11 is 5.93. The van der Waals surface area contributed by atoms with E-state index in [1.54, 1.807) is 17.8 Å². The molecule has 1 unspecified atom stereocenters. The molecule has 2 aromatic rings. The molecule has 1 atom stereocenters. The summed E-state index contributed by atoms with van der Waals surface area (Å²) in [5.74, 6) is 5.48. The van der Waals surface area contributed by atoms with Crippen molar-refractivity contribution in [2.24, 2.45) is 7.05 Å². The summed E-state index contributed by atoms with van der Waals surface area (Å²) in [4.78, 5) is 12.2. The molecule has 82 valence electrons. The third-order valence-electron chi connectivity index (χ3n) is 1.91. The number of rotatable bonds is 0. The molecule has 0 saturated heterocycles. The van der Waals surface area contributed by atoms with Gasteiger partial charge in [-0.1, -0.05) is 17.5 Å². The highest BCUT2D eigenvalue weighted by Crippen LogP contribution is 2.17. The first-order valence-corrected chi connectivity index (χ1v) is 5.00. The lowest BCUT2D eigenvalue weighted by Crippen LogP contribution is -1.97. The zero-order valence-electron chi connectivity index (χ0n) is 8.77. The molecule has 0 aliphatic rings. The maximum Gasteiger partial charge on any atom is 0.208 e.